The molecule has 0 bridgehead atoms. The molecule has 0 aliphatic rings. The summed E-state index contributed by atoms with van der Waals surface area (Å²) >= 11 is 3.31. The molecule has 21 heavy (non-hydrogen) atoms. The maximum absolute atomic E-state index is 12.4. The summed E-state index contributed by atoms with van der Waals surface area (Å²) < 4.78 is 33.1. The van der Waals surface area contributed by atoms with Gasteiger partial charge in [0, 0.05) is 23.9 Å². The van der Waals surface area contributed by atoms with E-state index in [-0.39, 0.29) is 11.6 Å². The first-order valence-corrected chi connectivity index (χ1v) is 8.27. The molecular weight excluding hydrogens is 360 g/mol. The normalized spacial score (nSPS) is 11.4. The van der Waals surface area contributed by atoms with E-state index < -0.39 is 10.0 Å². The zero-order valence-corrected chi connectivity index (χ0v) is 13.9. The number of aryl methyl sites for hydroxylation is 1. The largest absolute Gasteiger partial charge is 0.495 e. The summed E-state index contributed by atoms with van der Waals surface area (Å²) in [6, 6.07) is 4.88. The fraction of sp³-hybridized carbons (Fsp3) is 0.250. The Labute approximate surface area is 131 Å². The molecule has 0 fully saturated rings. The average molecular weight is 375 g/mol. The summed E-state index contributed by atoms with van der Waals surface area (Å²) in [4.78, 5) is 0. The number of H-pyrrole nitrogens is 1. The second kappa shape index (κ2) is 6.04. The number of aromatic amines is 1. The molecule has 0 unspecified atom stereocenters. The standard InChI is InChI=1S/C12H15BrN4O3S/c1-7-9(6-14)12(16-15-7)21(18,19)17-8-3-4-10(13)11(5-8)20-2/h3-5,17H,6,14H2,1-2H3,(H,15,16). The fourth-order valence-electron chi connectivity index (χ4n) is 1.82. The molecule has 0 aliphatic heterocycles. The molecule has 0 spiro atoms. The summed E-state index contributed by atoms with van der Waals surface area (Å²) in [6.45, 7) is 1.80. The van der Waals surface area contributed by atoms with Crippen molar-refractivity contribution < 1.29 is 13.2 Å². The number of halogens is 1. The van der Waals surface area contributed by atoms with Crippen LogP contribution in [0, 0.1) is 6.92 Å². The van der Waals surface area contributed by atoms with Crippen molar-refractivity contribution in [3.05, 3.63) is 33.9 Å². The SMILES string of the molecule is COc1cc(NS(=O)(=O)c2n[nH]c(C)c2CN)ccc1Br. The highest BCUT2D eigenvalue weighted by atomic mass is 79.9. The highest BCUT2D eigenvalue weighted by Crippen LogP contribution is 2.29. The number of nitrogens with two attached hydrogens (primary N) is 1. The maximum atomic E-state index is 12.4. The molecule has 7 nitrogen and oxygen atoms in total. The lowest BCUT2D eigenvalue weighted by molar-refractivity contribution is 0.412. The topological polar surface area (TPSA) is 110 Å². The first-order valence-electron chi connectivity index (χ1n) is 5.99. The lowest BCUT2D eigenvalue weighted by atomic mass is 10.3. The van der Waals surface area contributed by atoms with E-state index in [1.807, 2.05) is 0 Å². The van der Waals surface area contributed by atoms with Gasteiger partial charge in [0.25, 0.3) is 10.0 Å². The van der Waals surface area contributed by atoms with Crippen molar-refractivity contribution in [2.45, 2.75) is 18.5 Å². The zero-order valence-electron chi connectivity index (χ0n) is 11.5. The quantitative estimate of drug-likeness (QED) is 0.738. The van der Waals surface area contributed by atoms with Crippen LogP contribution in [0.3, 0.4) is 0 Å². The first-order chi connectivity index (χ1) is 9.89. The molecule has 1 aromatic carbocycles. The van der Waals surface area contributed by atoms with Gasteiger partial charge in [-0.15, -0.1) is 0 Å². The van der Waals surface area contributed by atoms with E-state index >= 15 is 0 Å². The van der Waals surface area contributed by atoms with Gasteiger partial charge < -0.3 is 10.5 Å². The molecule has 0 aliphatic carbocycles. The van der Waals surface area contributed by atoms with Crippen molar-refractivity contribution in [3.8, 4) is 5.75 Å². The van der Waals surface area contributed by atoms with Gasteiger partial charge in [0.1, 0.15) is 5.75 Å². The van der Waals surface area contributed by atoms with Gasteiger partial charge in [-0.2, -0.15) is 13.5 Å². The van der Waals surface area contributed by atoms with Crippen LogP contribution in [0.25, 0.3) is 0 Å². The van der Waals surface area contributed by atoms with E-state index in [0.717, 1.165) is 4.47 Å². The number of nitrogens with zero attached hydrogens (tertiary/aromatic N) is 1. The highest BCUT2D eigenvalue weighted by molar-refractivity contribution is 9.10. The molecular formula is C12H15BrN4O3S. The van der Waals surface area contributed by atoms with Crippen molar-refractivity contribution in [1.82, 2.24) is 10.2 Å². The Bertz CT molecular complexity index is 758. The third-order valence-corrected chi connectivity index (χ3v) is 4.90. The molecule has 4 N–H and O–H groups in total. The molecule has 2 rings (SSSR count). The van der Waals surface area contributed by atoms with Crippen molar-refractivity contribution in [2.75, 3.05) is 11.8 Å². The minimum Gasteiger partial charge on any atom is -0.495 e. The molecule has 0 amide bonds. The van der Waals surface area contributed by atoms with Gasteiger partial charge in [-0.05, 0) is 35.0 Å². The van der Waals surface area contributed by atoms with Gasteiger partial charge in [-0.25, -0.2) is 0 Å². The Morgan fingerprint density at radius 2 is 2.19 bits per heavy atom. The number of hydrogen-bond acceptors (Lipinski definition) is 5. The number of sulfonamides is 1. The summed E-state index contributed by atoms with van der Waals surface area (Å²) in [6.07, 6.45) is 0. The number of nitrogens with one attached hydrogen (secondary N) is 2. The average Bonchev–Trinajstić information content (AvgIpc) is 2.82. The van der Waals surface area contributed by atoms with Crippen LogP contribution in [0.4, 0.5) is 5.69 Å². The number of aromatic nitrogens is 2. The molecule has 114 valence electrons. The summed E-state index contributed by atoms with van der Waals surface area (Å²) in [5.41, 5.74) is 7.04. The minimum atomic E-state index is -3.82. The van der Waals surface area contributed by atoms with E-state index in [2.05, 4.69) is 30.8 Å². The summed E-state index contributed by atoms with van der Waals surface area (Å²) in [7, 11) is -2.31. The number of methoxy groups -OCH3 is 1. The predicted molar refractivity (Wildman–Crippen MR) is 82.7 cm³/mol. The molecule has 0 radical (unpaired) electrons. The Hall–Kier alpha value is -1.58. The van der Waals surface area contributed by atoms with Crippen LogP contribution in [0.15, 0.2) is 27.7 Å². The Balaban J connectivity index is 2.37. The third kappa shape index (κ3) is 3.20. The molecule has 9 heteroatoms. The van der Waals surface area contributed by atoms with Gasteiger partial charge in [0.2, 0.25) is 5.03 Å². The second-order valence-corrected chi connectivity index (χ2v) is 6.74. The van der Waals surface area contributed by atoms with E-state index in [9.17, 15) is 8.42 Å². The van der Waals surface area contributed by atoms with Crippen LogP contribution >= 0.6 is 15.9 Å². The third-order valence-electron chi connectivity index (χ3n) is 2.90. The Morgan fingerprint density at radius 3 is 2.81 bits per heavy atom. The van der Waals surface area contributed by atoms with Crippen LogP contribution in [-0.4, -0.2) is 25.7 Å². The number of hydrogen-bond donors (Lipinski definition) is 3. The lowest BCUT2D eigenvalue weighted by Gasteiger charge is -2.10. The minimum absolute atomic E-state index is 0.0856. The molecule has 0 saturated heterocycles. The second-order valence-electron chi connectivity index (χ2n) is 4.29. The lowest BCUT2D eigenvalue weighted by Crippen LogP contribution is -2.16. The van der Waals surface area contributed by atoms with Crippen molar-refractivity contribution in [2.24, 2.45) is 5.73 Å². The highest BCUT2D eigenvalue weighted by Gasteiger charge is 2.23. The monoisotopic (exact) mass is 374 g/mol. The smallest absolute Gasteiger partial charge is 0.281 e. The summed E-state index contributed by atoms with van der Waals surface area (Å²) in [5, 5.41) is 6.36. The number of rotatable bonds is 5. The molecule has 0 saturated carbocycles. The van der Waals surface area contributed by atoms with Gasteiger partial charge in [-0.1, -0.05) is 0 Å². The van der Waals surface area contributed by atoms with E-state index in [4.69, 9.17) is 10.5 Å². The number of ether oxygens (including phenoxy) is 1. The van der Waals surface area contributed by atoms with Crippen molar-refractivity contribution >= 4 is 31.6 Å². The Kier molecular flexibility index (Phi) is 4.55. The van der Waals surface area contributed by atoms with Gasteiger partial charge in [-0.3, -0.25) is 9.82 Å². The Morgan fingerprint density at radius 1 is 1.48 bits per heavy atom. The van der Waals surface area contributed by atoms with Crippen LogP contribution < -0.4 is 15.2 Å². The summed E-state index contributed by atoms with van der Waals surface area (Å²) in [5.74, 6) is 0.521. The van der Waals surface area contributed by atoms with Crippen LogP contribution in [0.1, 0.15) is 11.3 Å². The van der Waals surface area contributed by atoms with Gasteiger partial charge in [0.05, 0.1) is 17.3 Å². The van der Waals surface area contributed by atoms with Crippen LogP contribution in [0.2, 0.25) is 0 Å². The first kappa shape index (κ1) is 15.8. The number of benzene rings is 1. The number of anilines is 1. The maximum Gasteiger partial charge on any atom is 0.281 e. The van der Waals surface area contributed by atoms with Crippen molar-refractivity contribution in [1.29, 1.82) is 0 Å². The zero-order chi connectivity index (χ0) is 15.6. The molecule has 1 heterocycles. The fourth-order valence-corrected chi connectivity index (χ4v) is 3.49. The van der Waals surface area contributed by atoms with E-state index in [1.54, 1.807) is 25.1 Å². The predicted octanol–water partition coefficient (Wildman–Crippen LogP) is 1.75. The van der Waals surface area contributed by atoms with Crippen LogP contribution in [0.5, 0.6) is 5.75 Å². The van der Waals surface area contributed by atoms with Gasteiger partial charge in [0.15, 0.2) is 0 Å². The van der Waals surface area contributed by atoms with Crippen molar-refractivity contribution in [3.63, 3.8) is 0 Å². The molecule has 2 aromatic rings. The molecule has 1 aromatic heterocycles. The van der Waals surface area contributed by atoms with Crippen LogP contribution in [-0.2, 0) is 16.6 Å². The van der Waals surface area contributed by atoms with E-state index in [0.29, 0.717) is 22.7 Å². The van der Waals surface area contributed by atoms with E-state index in [1.165, 1.54) is 7.11 Å². The molecule has 0 atom stereocenters. The van der Waals surface area contributed by atoms with Gasteiger partial charge >= 0.3 is 0 Å².